The van der Waals surface area contributed by atoms with Gasteiger partial charge in [-0.05, 0) is 42.9 Å². The second-order valence-electron chi connectivity index (χ2n) is 5.59. The number of hydrogen-bond donors (Lipinski definition) is 2. The van der Waals surface area contributed by atoms with Gasteiger partial charge in [-0.3, -0.25) is 4.79 Å². The highest BCUT2D eigenvalue weighted by molar-refractivity contribution is 5.97. The van der Waals surface area contributed by atoms with Crippen molar-refractivity contribution in [2.45, 2.75) is 50.7 Å². The Hall–Kier alpha value is -1.39. The zero-order valence-electron chi connectivity index (χ0n) is 11.1. The molecule has 4 heteroatoms. The molecule has 0 bridgehead atoms. The van der Waals surface area contributed by atoms with Gasteiger partial charge >= 0.3 is 0 Å². The minimum Gasteiger partial charge on any atom is -0.326 e. The van der Waals surface area contributed by atoms with Gasteiger partial charge in [0.25, 0.3) is 0 Å². The van der Waals surface area contributed by atoms with Gasteiger partial charge in [0.2, 0.25) is 5.91 Å². The third-order valence-corrected chi connectivity index (χ3v) is 4.38. The Bertz CT molecular complexity index is 500. The molecule has 19 heavy (non-hydrogen) atoms. The van der Waals surface area contributed by atoms with Crippen molar-refractivity contribution < 1.29 is 4.79 Å². The Labute approximate surface area is 113 Å². The molecule has 0 aromatic heterocycles. The first-order valence-corrected chi connectivity index (χ1v) is 7.10. The van der Waals surface area contributed by atoms with Crippen molar-refractivity contribution in [1.29, 1.82) is 0 Å². The summed E-state index contributed by atoms with van der Waals surface area (Å²) in [5.41, 5.74) is 15.3. The lowest BCUT2D eigenvalue weighted by Gasteiger charge is -2.36. The summed E-state index contributed by atoms with van der Waals surface area (Å²) in [5, 5.41) is 0. The average Bonchev–Trinajstić information content (AvgIpc) is 2.84. The number of carbonyl (C=O) groups excluding carboxylic acids is 1. The zero-order chi connectivity index (χ0) is 13.4. The van der Waals surface area contributed by atoms with Crippen LogP contribution in [0.3, 0.4) is 0 Å². The Morgan fingerprint density at radius 1 is 1.26 bits per heavy atom. The maximum atomic E-state index is 12.3. The summed E-state index contributed by atoms with van der Waals surface area (Å²) >= 11 is 0. The molecule has 4 nitrogen and oxygen atoms in total. The highest BCUT2D eigenvalue weighted by Gasteiger charge is 2.36. The van der Waals surface area contributed by atoms with Gasteiger partial charge in [0.1, 0.15) is 0 Å². The lowest BCUT2D eigenvalue weighted by molar-refractivity contribution is -0.119. The predicted octanol–water partition coefficient (Wildman–Crippen LogP) is 1.30. The lowest BCUT2D eigenvalue weighted by atomic mass is 9.96. The fraction of sp³-hybridized carbons (Fsp3) is 0.533. The predicted molar refractivity (Wildman–Crippen MR) is 75.8 cm³/mol. The van der Waals surface area contributed by atoms with Crippen LogP contribution in [0.4, 0.5) is 5.69 Å². The quantitative estimate of drug-likeness (QED) is 0.841. The fourth-order valence-corrected chi connectivity index (χ4v) is 3.35. The van der Waals surface area contributed by atoms with Crippen LogP contribution in [-0.4, -0.2) is 18.0 Å². The van der Waals surface area contributed by atoms with Crippen LogP contribution in [-0.2, 0) is 17.8 Å². The van der Waals surface area contributed by atoms with Crippen LogP contribution in [0.15, 0.2) is 18.2 Å². The van der Waals surface area contributed by atoms with Crippen LogP contribution in [0, 0.1) is 0 Å². The number of rotatable bonds is 2. The molecule has 102 valence electrons. The molecule has 4 N–H and O–H groups in total. The van der Waals surface area contributed by atoms with Gasteiger partial charge in [-0.1, -0.05) is 12.1 Å². The molecular formula is C15H21N3O. The minimum absolute atomic E-state index is 0.115. The minimum atomic E-state index is 0.115. The van der Waals surface area contributed by atoms with E-state index in [1.54, 1.807) is 0 Å². The highest BCUT2D eigenvalue weighted by Crippen LogP contribution is 2.34. The van der Waals surface area contributed by atoms with Crippen molar-refractivity contribution in [2.75, 3.05) is 4.90 Å². The Kier molecular flexibility index (Phi) is 3.29. The van der Waals surface area contributed by atoms with Gasteiger partial charge in [0.05, 0.1) is 6.04 Å². The first kappa shape index (κ1) is 12.6. The molecule has 1 fully saturated rings. The van der Waals surface area contributed by atoms with Crippen molar-refractivity contribution in [3.63, 3.8) is 0 Å². The monoisotopic (exact) mass is 259 g/mol. The average molecular weight is 259 g/mol. The molecule has 1 aliphatic heterocycles. The third-order valence-electron chi connectivity index (χ3n) is 4.38. The summed E-state index contributed by atoms with van der Waals surface area (Å²) in [7, 11) is 0. The van der Waals surface area contributed by atoms with Gasteiger partial charge in [-0.2, -0.15) is 0 Å². The Morgan fingerprint density at radius 2 is 2.11 bits per heavy atom. The SMILES string of the molecule is NCc1ccc2c(c1)CCC(=O)N2C1CCCC1N. The van der Waals surface area contributed by atoms with Crippen molar-refractivity contribution >= 4 is 11.6 Å². The van der Waals surface area contributed by atoms with Crippen molar-refractivity contribution in [1.82, 2.24) is 0 Å². The van der Waals surface area contributed by atoms with E-state index in [2.05, 4.69) is 6.07 Å². The second-order valence-corrected chi connectivity index (χ2v) is 5.59. The van der Waals surface area contributed by atoms with Crippen LogP contribution >= 0.6 is 0 Å². The van der Waals surface area contributed by atoms with Crippen molar-refractivity contribution in [3.05, 3.63) is 29.3 Å². The molecule has 1 aromatic carbocycles. The van der Waals surface area contributed by atoms with E-state index in [0.29, 0.717) is 13.0 Å². The van der Waals surface area contributed by atoms with E-state index >= 15 is 0 Å². The van der Waals surface area contributed by atoms with Gasteiger partial charge < -0.3 is 16.4 Å². The Morgan fingerprint density at radius 3 is 2.79 bits per heavy atom. The first-order valence-electron chi connectivity index (χ1n) is 7.10. The molecule has 0 radical (unpaired) electrons. The largest absolute Gasteiger partial charge is 0.326 e. The summed E-state index contributed by atoms with van der Waals surface area (Å²) in [6.07, 6.45) is 4.56. The van der Waals surface area contributed by atoms with Gasteiger partial charge in [-0.25, -0.2) is 0 Å². The van der Waals surface area contributed by atoms with E-state index in [-0.39, 0.29) is 18.0 Å². The van der Waals surface area contributed by atoms with E-state index < -0.39 is 0 Å². The molecule has 0 spiro atoms. The van der Waals surface area contributed by atoms with E-state index in [1.807, 2.05) is 17.0 Å². The highest BCUT2D eigenvalue weighted by atomic mass is 16.2. The van der Waals surface area contributed by atoms with Crippen LogP contribution in [0.25, 0.3) is 0 Å². The summed E-state index contributed by atoms with van der Waals surface area (Å²) < 4.78 is 0. The van der Waals surface area contributed by atoms with Crippen molar-refractivity contribution in [2.24, 2.45) is 11.5 Å². The van der Waals surface area contributed by atoms with E-state index in [1.165, 1.54) is 5.56 Å². The molecule has 0 saturated heterocycles. The van der Waals surface area contributed by atoms with Crippen LogP contribution in [0.2, 0.25) is 0 Å². The van der Waals surface area contributed by atoms with Crippen LogP contribution in [0.1, 0.15) is 36.8 Å². The Balaban J connectivity index is 1.99. The standard InChI is InChI=1S/C15H21N3O/c16-9-10-4-6-13-11(8-10)5-7-15(19)18(13)14-3-1-2-12(14)17/h4,6,8,12,14H,1-3,5,7,9,16-17H2. The normalized spacial score (nSPS) is 26.6. The lowest BCUT2D eigenvalue weighted by Crippen LogP contribution is -2.49. The molecule has 1 saturated carbocycles. The number of aryl methyl sites for hydroxylation is 1. The summed E-state index contributed by atoms with van der Waals surface area (Å²) in [6.45, 7) is 0.546. The van der Waals surface area contributed by atoms with Gasteiger partial charge in [0, 0.05) is 24.7 Å². The molecule has 1 aliphatic carbocycles. The maximum Gasteiger partial charge on any atom is 0.227 e. The molecule has 3 rings (SSSR count). The van der Waals surface area contributed by atoms with Crippen LogP contribution in [0.5, 0.6) is 0 Å². The summed E-state index contributed by atoms with van der Waals surface area (Å²) in [6, 6.07) is 6.49. The molecule has 1 amide bonds. The number of benzene rings is 1. The first-order chi connectivity index (χ1) is 9.20. The van der Waals surface area contributed by atoms with Crippen LogP contribution < -0.4 is 16.4 Å². The van der Waals surface area contributed by atoms with E-state index in [0.717, 1.165) is 36.9 Å². The number of fused-ring (bicyclic) bond motifs is 1. The molecule has 1 aromatic rings. The van der Waals surface area contributed by atoms with E-state index in [4.69, 9.17) is 11.5 Å². The number of nitrogens with two attached hydrogens (primary N) is 2. The zero-order valence-corrected chi connectivity index (χ0v) is 11.1. The molecule has 2 unspecified atom stereocenters. The number of carbonyl (C=O) groups is 1. The number of anilines is 1. The summed E-state index contributed by atoms with van der Waals surface area (Å²) in [4.78, 5) is 14.2. The topological polar surface area (TPSA) is 72.4 Å². The van der Waals surface area contributed by atoms with E-state index in [9.17, 15) is 4.79 Å². The third kappa shape index (κ3) is 2.15. The second kappa shape index (κ2) is 4.94. The summed E-state index contributed by atoms with van der Waals surface area (Å²) in [5.74, 6) is 0.218. The molecule has 1 heterocycles. The molecular weight excluding hydrogens is 238 g/mol. The van der Waals surface area contributed by atoms with Gasteiger partial charge in [0.15, 0.2) is 0 Å². The smallest absolute Gasteiger partial charge is 0.227 e. The fourth-order valence-electron chi connectivity index (χ4n) is 3.35. The molecule has 2 atom stereocenters. The van der Waals surface area contributed by atoms with Crippen molar-refractivity contribution in [3.8, 4) is 0 Å². The molecule has 2 aliphatic rings. The number of amides is 1. The van der Waals surface area contributed by atoms with Gasteiger partial charge in [-0.15, -0.1) is 0 Å². The maximum absolute atomic E-state index is 12.3. The number of nitrogens with zero attached hydrogens (tertiary/aromatic N) is 1. The number of hydrogen-bond acceptors (Lipinski definition) is 3.